The SMILES string of the molecule is CCC(C#N)c1ccc(-n2c(-c3cc(-c4cnc5c(ccn5C)c4)ccn3)cn(C)c2=O)cc1. The third-order valence-electron chi connectivity index (χ3n) is 6.23. The highest BCUT2D eigenvalue weighted by Crippen LogP contribution is 2.28. The minimum absolute atomic E-state index is 0.157. The molecule has 1 unspecified atom stereocenters. The van der Waals surface area contributed by atoms with Crippen LogP contribution in [0.15, 0.2) is 78.1 Å². The van der Waals surface area contributed by atoms with Gasteiger partial charge in [-0.1, -0.05) is 19.1 Å². The maximum atomic E-state index is 13.0. The molecule has 168 valence electrons. The van der Waals surface area contributed by atoms with Gasteiger partial charge < -0.3 is 9.13 Å². The molecular formula is C27H24N6O. The van der Waals surface area contributed by atoms with Crippen LogP contribution in [0.5, 0.6) is 0 Å². The van der Waals surface area contributed by atoms with E-state index in [1.54, 1.807) is 28.6 Å². The van der Waals surface area contributed by atoms with Crippen LogP contribution < -0.4 is 5.69 Å². The Balaban J connectivity index is 1.58. The van der Waals surface area contributed by atoms with Crippen molar-refractivity contribution in [2.45, 2.75) is 19.3 Å². The number of fused-ring (bicyclic) bond motifs is 1. The Hall–Kier alpha value is -4.44. The molecule has 0 saturated heterocycles. The number of rotatable bonds is 5. The largest absolute Gasteiger partial charge is 0.336 e. The van der Waals surface area contributed by atoms with Crippen LogP contribution in [0.2, 0.25) is 0 Å². The summed E-state index contributed by atoms with van der Waals surface area (Å²) in [6.07, 6.45) is 8.14. The molecule has 5 rings (SSSR count). The van der Waals surface area contributed by atoms with Gasteiger partial charge in [-0.15, -0.1) is 0 Å². The standard InChI is InChI=1S/C27H24N6O/c1-4-18(15-28)19-5-7-23(8-6-19)33-25(17-32(3)27(33)34)24-14-20(9-11-29-24)22-13-21-10-12-31(2)26(21)30-16-22/h5-14,16-18H,4H2,1-3H3. The maximum absolute atomic E-state index is 13.0. The van der Waals surface area contributed by atoms with Crippen LogP contribution in [0, 0.1) is 11.3 Å². The molecule has 7 nitrogen and oxygen atoms in total. The number of nitrogens with zero attached hydrogens (tertiary/aromatic N) is 6. The van der Waals surface area contributed by atoms with Crippen LogP contribution in [0.4, 0.5) is 0 Å². The third kappa shape index (κ3) is 3.59. The van der Waals surface area contributed by atoms with E-state index in [0.717, 1.165) is 39.8 Å². The average Bonchev–Trinajstić information content (AvgIpc) is 3.39. The van der Waals surface area contributed by atoms with E-state index in [9.17, 15) is 10.1 Å². The number of aryl methyl sites for hydroxylation is 2. The van der Waals surface area contributed by atoms with Crippen molar-refractivity contribution in [2.75, 3.05) is 0 Å². The molecule has 7 heteroatoms. The lowest BCUT2D eigenvalue weighted by Gasteiger charge is -2.11. The first kappa shape index (κ1) is 21.4. The summed E-state index contributed by atoms with van der Waals surface area (Å²) in [5, 5.41) is 10.4. The third-order valence-corrected chi connectivity index (χ3v) is 6.23. The van der Waals surface area contributed by atoms with Crippen molar-refractivity contribution in [3.8, 4) is 34.3 Å². The van der Waals surface area contributed by atoms with E-state index in [-0.39, 0.29) is 11.6 Å². The van der Waals surface area contributed by atoms with Gasteiger partial charge in [0, 0.05) is 49.8 Å². The monoisotopic (exact) mass is 448 g/mol. The van der Waals surface area contributed by atoms with Crippen LogP contribution in [0.1, 0.15) is 24.8 Å². The van der Waals surface area contributed by atoms with E-state index in [0.29, 0.717) is 11.4 Å². The van der Waals surface area contributed by atoms with E-state index in [1.165, 1.54) is 0 Å². The van der Waals surface area contributed by atoms with E-state index in [1.807, 2.05) is 73.4 Å². The zero-order valence-corrected chi connectivity index (χ0v) is 19.3. The van der Waals surface area contributed by atoms with E-state index >= 15 is 0 Å². The van der Waals surface area contributed by atoms with Gasteiger partial charge in [-0.25, -0.2) is 9.78 Å². The summed E-state index contributed by atoms with van der Waals surface area (Å²) < 4.78 is 5.20. The van der Waals surface area contributed by atoms with E-state index in [4.69, 9.17) is 0 Å². The molecule has 0 bridgehead atoms. The fourth-order valence-corrected chi connectivity index (χ4v) is 4.31. The predicted octanol–water partition coefficient (Wildman–Crippen LogP) is 4.81. The summed E-state index contributed by atoms with van der Waals surface area (Å²) >= 11 is 0. The molecule has 0 aliphatic carbocycles. The second kappa shape index (κ2) is 8.49. The maximum Gasteiger partial charge on any atom is 0.333 e. The minimum atomic E-state index is -0.158. The zero-order chi connectivity index (χ0) is 23.8. The van der Waals surface area contributed by atoms with Crippen LogP contribution >= 0.6 is 0 Å². The Labute approximate surface area is 197 Å². The van der Waals surface area contributed by atoms with Crippen molar-refractivity contribution in [3.63, 3.8) is 0 Å². The first-order chi connectivity index (χ1) is 16.5. The van der Waals surface area contributed by atoms with Crippen molar-refractivity contribution in [1.82, 2.24) is 23.7 Å². The van der Waals surface area contributed by atoms with Gasteiger partial charge >= 0.3 is 5.69 Å². The van der Waals surface area contributed by atoms with Gasteiger partial charge in [-0.3, -0.25) is 9.55 Å². The number of hydrogen-bond donors (Lipinski definition) is 0. The van der Waals surface area contributed by atoms with Gasteiger partial charge in [0.2, 0.25) is 0 Å². The van der Waals surface area contributed by atoms with Crippen LogP contribution in [0.3, 0.4) is 0 Å². The lowest BCUT2D eigenvalue weighted by atomic mass is 9.98. The Bertz CT molecular complexity index is 1600. The molecule has 4 aromatic heterocycles. The molecule has 0 aliphatic rings. The molecule has 4 heterocycles. The molecular weight excluding hydrogens is 424 g/mol. The second-order valence-corrected chi connectivity index (χ2v) is 8.42. The van der Waals surface area contributed by atoms with E-state index in [2.05, 4.69) is 22.1 Å². The Morgan fingerprint density at radius 3 is 2.53 bits per heavy atom. The summed E-state index contributed by atoms with van der Waals surface area (Å²) in [6.45, 7) is 1.99. The lowest BCUT2D eigenvalue weighted by molar-refractivity contribution is 0.812. The molecule has 1 atom stereocenters. The molecule has 0 fully saturated rings. The molecule has 0 N–H and O–H groups in total. The van der Waals surface area contributed by atoms with Gasteiger partial charge in [-0.05, 0) is 53.9 Å². The summed E-state index contributed by atoms with van der Waals surface area (Å²) in [7, 11) is 3.71. The molecule has 34 heavy (non-hydrogen) atoms. The minimum Gasteiger partial charge on any atom is -0.336 e. The molecule has 5 aromatic rings. The number of aromatic nitrogens is 5. The van der Waals surface area contributed by atoms with E-state index < -0.39 is 0 Å². The Morgan fingerprint density at radius 1 is 1.00 bits per heavy atom. The zero-order valence-electron chi connectivity index (χ0n) is 19.3. The molecule has 0 amide bonds. The second-order valence-electron chi connectivity index (χ2n) is 8.42. The van der Waals surface area contributed by atoms with Gasteiger partial charge in [0.1, 0.15) is 5.65 Å². The fraction of sp³-hybridized carbons (Fsp3) is 0.185. The molecule has 0 radical (unpaired) electrons. The number of imidazole rings is 1. The smallest absolute Gasteiger partial charge is 0.333 e. The molecule has 0 aliphatic heterocycles. The molecule has 0 saturated carbocycles. The normalized spacial score (nSPS) is 12.1. The molecule has 0 spiro atoms. The first-order valence-electron chi connectivity index (χ1n) is 11.2. The van der Waals surface area contributed by atoms with Gasteiger partial charge in [-0.2, -0.15) is 5.26 Å². The number of pyridine rings is 2. The van der Waals surface area contributed by atoms with Gasteiger partial charge in [0.15, 0.2) is 0 Å². The number of benzene rings is 1. The van der Waals surface area contributed by atoms with Crippen LogP contribution in [-0.2, 0) is 14.1 Å². The Kier molecular flexibility index (Phi) is 5.34. The summed E-state index contributed by atoms with van der Waals surface area (Å²) in [5.74, 6) is -0.157. The number of nitriles is 1. The van der Waals surface area contributed by atoms with Crippen LogP contribution in [-0.4, -0.2) is 23.7 Å². The highest BCUT2D eigenvalue weighted by Gasteiger charge is 2.16. The van der Waals surface area contributed by atoms with Gasteiger partial charge in [0.25, 0.3) is 0 Å². The topological polar surface area (TPSA) is 81.4 Å². The summed E-state index contributed by atoms with van der Waals surface area (Å²) in [4.78, 5) is 22.2. The van der Waals surface area contributed by atoms with Crippen molar-refractivity contribution in [1.29, 1.82) is 5.26 Å². The summed E-state index contributed by atoms with van der Waals surface area (Å²) in [5.41, 5.74) is 5.80. The van der Waals surface area contributed by atoms with Crippen molar-refractivity contribution >= 4 is 11.0 Å². The number of hydrogen-bond acceptors (Lipinski definition) is 4. The van der Waals surface area contributed by atoms with Crippen molar-refractivity contribution in [3.05, 3.63) is 89.4 Å². The predicted molar refractivity (Wildman–Crippen MR) is 133 cm³/mol. The first-order valence-corrected chi connectivity index (χ1v) is 11.2. The van der Waals surface area contributed by atoms with Gasteiger partial charge in [0.05, 0.1) is 29.1 Å². The summed E-state index contributed by atoms with van der Waals surface area (Å²) in [6, 6.07) is 18.0. The Morgan fingerprint density at radius 2 is 1.79 bits per heavy atom. The van der Waals surface area contributed by atoms with Crippen LogP contribution in [0.25, 0.3) is 39.2 Å². The molecule has 1 aromatic carbocycles. The average molecular weight is 449 g/mol. The van der Waals surface area contributed by atoms with Crippen molar-refractivity contribution in [2.24, 2.45) is 14.1 Å². The highest BCUT2D eigenvalue weighted by molar-refractivity contribution is 5.82. The quantitative estimate of drug-likeness (QED) is 0.386. The fourth-order valence-electron chi connectivity index (χ4n) is 4.31. The highest BCUT2D eigenvalue weighted by atomic mass is 16.1. The van der Waals surface area contributed by atoms with Crippen molar-refractivity contribution < 1.29 is 0 Å². The lowest BCUT2D eigenvalue weighted by Crippen LogP contribution is -2.21.